The van der Waals surface area contributed by atoms with Crippen molar-refractivity contribution in [1.29, 1.82) is 0 Å². The molecule has 2 rings (SSSR count). The van der Waals surface area contributed by atoms with Crippen molar-refractivity contribution in [1.82, 2.24) is 0 Å². The molecule has 0 aliphatic rings. The zero-order valence-corrected chi connectivity index (χ0v) is 13.2. The maximum absolute atomic E-state index is 12.5. The third-order valence-electron chi connectivity index (χ3n) is 2.96. The second-order valence-electron chi connectivity index (χ2n) is 4.66. The van der Waals surface area contributed by atoms with Gasteiger partial charge in [0.1, 0.15) is 11.5 Å². The summed E-state index contributed by atoms with van der Waals surface area (Å²) >= 11 is 5.75. The lowest BCUT2D eigenvalue weighted by Crippen LogP contribution is -2.08. The Kier molecular flexibility index (Phi) is 6.41. The lowest BCUT2D eigenvalue weighted by Gasteiger charge is -2.11. The van der Waals surface area contributed by atoms with Gasteiger partial charge in [0, 0.05) is 11.1 Å². The lowest BCUT2D eigenvalue weighted by atomic mass is 10.1. The normalized spacial score (nSPS) is 11.3. The summed E-state index contributed by atoms with van der Waals surface area (Å²) in [6.07, 6.45) is 2.60. The SMILES string of the molecule is O=C(C=Cc1ccc(Cl)cc1)c1ccc(OC(F)F)cc1OC(F)F. The fourth-order valence-electron chi connectivity index (χ4n) is 1.91. The Labute approximate surface area is 145 Å². The molecule has 2 aromatic rings. The van der Waals surface area contributed by atoms with Crippen molar-refractivity contribution in [3.8, 4) is 11.5 Å². The van der Waals surface area contributed by atoms with Gasteiger partial charge in [0.2, 0.25) is 0 Å². The number of alkyl halides is 4. The molecule has 0 unspecified atom stereocenters. The Balaban J connectivity index is 2.25. The summed E-state index contributed by atoms with van der Waals surface area (Å²) in [4.78, 5) is 12.2. The average Bonchev–Trinajstić information content (AvgIpc) is 2.53. The second-order valence-corrected chi connectivity index (χ2v) is 5.10. The number of rotatable bonds is 7. The first-order chi connectivity index (χ1) is 11.8. The molecule has 2 aromatic carbocycles. The Bertz CT molecular complexity index is 761. The van der Waals surface area contributed by atoms with E-state index in [0.29, 0.717) is 10.6 Å². The molecule has 0 aliphatic heterocycles. The van der Waals surface area contributed by atoms with Crippen LogP contribution in [0.1, 0.15) is 15.9 Å². The molecule has 0 amide bonds. The number of ketones is 1. The van der Waals surface area contributed by atoms with E-state index in [0.717, 1.165) is 24.3 Å². The van der Waals surface area contributed by atoms with E-state index in [1.807, 2.05) is 0 Å². The molecule has 0 aliphatic carbocycles. The van der Waals surface area contributed by atoms with Crippen LogP contribution in [-0.4, -0.2) is 19.0 Å². The van der Waals surface area contributed by atoms with Crippen molar-refractivity contribution in [3.63, 3.8) is 0 Å². The molecule has 132 valence electrons. The smallest absolute Gasteiger partial charge is 0.387 e. The number of allylic oxidation sites excluding steroid dienone is 1. The third-order valence-corrected chi connectivity index (χ3v) is 3.21. The largest absolute Gasteiger partial charge is 0.435 e. The molecular weight excluding hydrogens is 364 g/mol. The highest BCUT2D eigenvalue weighted by molar-refractivity contribution is 6.30. The van der Waals surface area contributed by atoms with Gasteiger partial charge in [-0.3, -0.25) is 4.79 Å². The van der Waals surface area contributed by atoms with Gasteiger partial charge in [-0.25, -0.2) is 0 Å². The minimum atomic E-state index is -3.23. The van der Waals surface area contributed by atoms with Gasteiger partial charge in [-0.1, -0.05) is 29.8 Å². The molecule has 0 saturated heterocycles. The van der Waals surface area contributed by atoms with Gasteiger partial charge >= 0.3 is 13.2 Å². The number of hydrogen-bond acceptors (Lipinski definition) is 3. The Hall–Kier alpha value is -2.54. The predicted octanol–water partition coefficient (Wildman–Crippen LogP) is 5.44. The number of ether oxygens (including phenoxy) is 2. The molecule has 0 saturated carbocycles. The summed E-state index contributed by atoms with van der Waals surface area (Å²) in [7, 11) is 0. The zero-order valence-electron chi connectivity index (χ0n) is 12.5. The van der Waals surface area contributed by atoms with Gasteiger partial charge in [-0.05, 0) is 35.9 Å². The molecule has 0 atom stereocenters. The maximum atomic E-state index is 12.5. The van der Waals surface area contributed by atoms with Crippen LogP contribution in [0.4, 0.5) is 17.6 Å². The van der Waals surface area contributed by atoms with Crippen molar-refractivity contribution in [2.75, 3.05) is 0 Å². The van der Waals surface area contributed by atoms with E-state index in [-0.39, 0.29) is 5.56 Å². The first-order valence-corrected chi connectivity index (χ1v) is 7.24. The molecule has 0 fully saturated rings. The summed E-state index contributed by atoms with van der Waals surface area (Å²) in [6.45, 7) is -6.36. The highest BCUT2D eigenvalue weighted by atomic mass is 35.5. The van der Waals surface area contributed by atoms with E-state index in [1.165, 1.54) is 6.08 Å². The molecule has 0 spiro atoms. The van der Waals surface area contributed by atoms with Gasteiger partial charge in [0.25, 0.3) is 0 Å². The Morgan fingerprint density at radius 3 is 2.20 bits per heavy atom. The summed E-state index contributed by atoms with van der Waals surface area (Å²) in [6, 6.07) is 9.49. The topological polar surface area (TPSA) is 35.5 Å². The van der Waals surface area contributed by atoms with Crippen LogP contribution in [0.15, 0.2) is 48.5 Å². The van der Waals surface area contributed by atoms with Gasteiger partial charge in [0.05, 0.1) is 5.56 Å². The van der Waals surface area contributed by atoms with Gasteiger partial charge in [-0.15, -0.1) is 0 Å². The molecule has 3 nitrogen and oxygen atoms in total. The van der Waals surface area contributed by atoms with Gasteiger partial charge < -0.3 is 9.47 Å². The molecule has 0 N–H and O–H groups in total. The molecule has 0 bridgehead atoms. The molecule has 0 heterocycles. The highest BCUT2D eigenvalue weighted by Gasteiger charge is 2.16. The van der Waals surface area contributed by atoms with E-state index < -0.39 is 30.5 Å². The van der Waals surface area contributed by atoms with Crippen molar-refractivity contribution in [3.05, 3.63) is 64.7 Å². The van der Waals surface area contributed by atoms with E-state index in [1.54, 1.807) is 24.3 Å². The van der Waals surface area contributed by atoms with Crippen molar-refractivity contribution in [2.24, 2.45) is 0 Å². The van der Waals surface area contributed by atoms with Crippen LogP contribution >= 0.6 is 11.6 Å². The fourth-order valence-corrected chi connectivity index (χ4v) is 2.04. The van der Waals surface area contributed by atoms with E-state index >= 15 is 0 Å². The summed E-state index contributed by atoms with van der Waals surface area (Å²) in [5.74, 6) is -1.60. The number of carbonyl (C=O) groups excluding carboxylic acids is 1. The lowest BCUT2D eigenvalue weighted by molar-refractivity contribution is -0.0544. The first-order valence-electron chi connectivity index (χ1n) is 6.87. The van der Waals surface area contributed by atoms with Crippen LogP contribution in [0.3, 0.4) is 0 Å². The van der Waals surface area contributed by atoms with Crippen LogP contribution in [0.5, 0.6) is 11.5 Å². The van der Waals surface area contributed by atoms with Crippen molar-refractivity contribution < 1.29 is 31.8 Å². The zero-order chi connectivity index (χ0) is 18.4. The van der Waals surface area contributed by atoms with Crippen LogP contribution in [0.2, 0.25) is 5.02 Å². The van der Waals surface area contributed by atoms with E-state index in [4.69, 9.17) is 11.6 Å². The Morgan fingerprint density at radius 1 is 0.960 bits per heavy atom. The Morgan fingerprint density at radius 2 is 1.60 bits per heavy atom. The first kappa shape index (κ1) is 18.8. The van der Waals surface area contributed by atoms with Gasteiger partial charge in [-0.2, -0.15) is 17.6 Å². The number of benzene rings is 2. The summed E-state index contributed by atoms with van der Waals surface area (Å²) < 4.78 is 57.7. The highest BCUT2D eigenvalue weighted by Crippen LogP contribution is 2.28. The van der Waals surface area contributed by atoms with Gasteiger partial charge in [0.15, 0.2) is 5.78 Å². The standard InChI is InChI=1S/C17H11ClF4O3/c18-11-4-1-10(2-5-11)3-8-14(23)13-7-6-12(24-16(19)20)9-15(13)25-17(21)22/h1-9,16-17H. The van der Waals surface area contributed by atoms with E-state index in [9.17, 15) is 22.4 Å². The average molecular weight is 375 g/mol. The van der Waals surface area contributed by atoms with Crippen LogP contribution < -0.4 is 9.47 Å². The van der Waals surface area contributed by atoms with E-state index in [2.05, 4.69) is 9.47 Å². The molecule has 25 heavy (non-hydrogen) atoms. The monoisotopic (exact) mass is 374 g/mol. The van der Waals surface area contributed by atoms with Crippen LogP contribution in [-0.2, 0) is 0 Å². The van der Waals surface area contributed by atoms with Crippen molar-refractivity contribution >= 4 is 23.5 Å². The van der Waals surface area contributed by atoms with Crippen LogP contribution in [0, 0.1) is 0 Å². The molecular formula is C17H11ClF4O3. The van der Waals surface area contributed by atoms with Crippen molar-refractivity contribution in [2.45, 2.75) is 13.2 Å². The predicted molar refractivity (Wildman–Crippen MR) is 84.5 cm³/mol. The summed E-state index contributed by atoms with van der Waals surface area (Å²) in [5.41, 5.74) is 0.443. The minimum absolute atomic E-state index is 0.216. The number of hydrogen-bond donors (Lipinski definition) is 0. The number of halogens is 5. The summed E-state index contributed by atoms with van der Waals surface area (Å²) in [5, 5.41) is 0.519. The minimum Gasteiger partial charge on any atom is -0.435 e. The number of carbonyl (C=O) groups is 1. The molecule has 0 radical (unpaired) electrons. The third kappa shape index (κ3) is 5.79. The fraction of sp³-hybridized carbons (Fsp3) is 0.118. The molecule has 8 heteroatoms. The van der Waals surface area contributed by atoms with Crippen LogP contribution in [0.25, 0.3) is 6.08 Å². The quantitative estimate of drug-likeness (QED) is 0.368. The molecule has 0 aromatic heterocycles. The maximum Gasteiger partial charge on any atom is 0.387 e. The second kappa shape index (κ2) is 8.53.